The molecule has 1 amide bonds. The molecule has 26 heavy (non-hydrogen) atoms. The standard InChI is InChI=1S/C18H14F2N2O3S/c1-11(16(23)22-14-8-4-2-6-12(14)10-21)25-17(24)13-7-3-5-9-15(13)26-18(19)20/h2-9,11,18H,1H3,(H,22,23)/t11-/m1/s1. The molecule has 0 aromatic heterocycles. The van der Waals surface area contributed by atoms with Crippen molar-refractivity contribution in [3.63, 3.8) is 0 Å². The summed E-state index contributed by atoms with van der Waals surface area (Å²) in [5.74, 6) is -4.21. The highest BCUT2D eigenvalue weighted by molar-refractivity contribution is 7.99. The number of halogens is 2. The molecule has 0 saturated heterocycles. The Bertz CT molecular complexity index is 852. The maximum absolute atomic E-state index is 12.6. The molecule has 0 heterocycles. The van der Waals surface area contributed by atoms with Gasteiger partial charge in [0, 0.05) is 4.90 Å². The third kappa shape index (κ3) is 5.04. The predicted octanol–water partition coefficient (Wildman–Crippen LogP) is 4.06. The average molecular weight is 376 g/mol. The Hall–Kier alpha value is -2.92. The number of hydrogen-bond donors (Lipinski definition) is 1. The van der Waals surface area contributed by atoms with Crippen molar-refractivity contribution < 1.29 is 23.1 Å². The van der Waals surface area contributed by atoms with E-state index in [4.69, 9.17) is 10.00 Å². The van der Waals surface area contributed by atoms with Crippen LogP contribution in [-0.4, -0.2) is 23.7 Å². The summed E-state index contributed by atoms with van der Waals surface area (Å²) in [5.41, 5.74) is 0.504. The lowest BCUT2D eigenvalue weighted by molar-refractivity contribution is -0.123. The highest BCUT2D eigenvalue weighted by Gasteiger charge is 2.22. The fourth-order valence-corrected chi connectivity index (χ4v) is 2.66. The average Bonchev–Trinajstić information content (AvgIpc) is 2.62. The lowest BCUT2D eigenvalue weighted by atomic mass is 10.2. The Morgan fingerprint density at radius 1 is 1.15 bits per heavy atom. The molecule has 2 aromatic rings. The van der Waals surface area contributed by atoms with Gasteiger partial charge in [-0.05, 0) is 31.2 Å². The third-order valence-electron chi connectivity index (χ3n) is 3.28. The minimum Gasteiger partial charge on any atom is -0.449 e. The van der Waals surface area contributed by atoms with Crippen molar-refractivity contribution >= 4 is 29.3 Å². The second-order valence-corrected chi connectivity index (χ2v) is 6.10. The minimum absolute atomic E-state index is 0.0464. The number of amides is 1. The Kier molecular flexibility index (Phi) is 6.69. The first-order valence-electron chi connectivity index (χ1n) is 7.47. The molecule has 1 atom stereocenters. The summed E-state index contributed by atoms with van der Waals surface area (Å²) in [6.45, 7) is 1.35. The summed E-state index contributed by atoms with van der Waals surface area (Å²) in [6, 6.07) is 14.1. The molecular formula is C18H14F2N2O3S. The van der Waals surface area contributed by atoms with Crippen molar-refractivity contribution in [3.8, 4) is 6.07 Å². The highest BCUT2D eigenvalue weighted by atomic mass is 32.2. The number of nitrogens with one attached hydrogen (secondary N) is 1. The number of anilines is 1. The first-order valence-corrected chi connectivity index (χ1v) is 8.35. The molecule has 0 spiro atoms. The summed E-state index contributed by atoms with van der Waals surface area (Å²) >= 11 is 0.226. The van der Waals surface area contributed by atoms with E-state index in [0.717, 1.165) is 0 Å². The maximum Gasteiger partial charge on any atom is 0.340 e. The van der Waals surface area contributed by atoms with Crippen molar-refractivity contribution in [2.45, 2.75) is 23.7 Å². The quantitative estimate of drug-likeness (QED) is 0.608. The summed E-state index contributed by atoms with van der Waals surface area (Å²) in [6.07, 6.45) is -1.18. The zero-order valence-corrected chi connectivity index (χ0v) is 14.4. The number of carbonyl (C=O) groups excluding carboxylic acids is 2. The van der Waals surface area contributed by atoms with E-state index in [0.29, 0.717) is 0 Å². The molecule has 2 rings (SSSR count). The van der Waals surface area contributed by atoms with Gasteiger partial charge in [0.2, 0.25) is 0 Å². The number of benzene rings is 2. The minimum atomic E-state index is -2.69. The highest BCUT2D eigenvalue weighted by Crippen LogP contribution is 2.29. The van der Waals surface area contributed by atoms with Gasteiger partial charge in [-0.15, -0.1) is 0 Å². The van der Waals surface area contributed by atoms with Gasteiger partial charge in [-0.1, -0.05) is 36.0 Å². The number of para-hydroxylation sites is 1. The Balaban J connectivity index is 2.07. The van der Waals surface area contributed by atoms with Crippen LogP contribution in [0.15, 0.2) is 53.4 Å². The first kappa shape index (κ1) is 19.4. The molecule has 0 unspecified atom stereocenters. The number of ether oxygens (including phenoxy) is 1. The fourth-order valence-electron chi connectivity index (χ4n) is 2.04. The third-order valence-corrected chi connectivity index (χ3v) is 4.07. The SMILES string of the molecule is C[C@@H](OC(=O)c1ccccc1SC(F)F)C(=O)Nc1ccccc1C#N. The molecule has 134 valence electrons. The number of alkyl halides is 2. The number of thioether (sulfide) groups is 1. The molecule has 1 N–H and O–H groups in total. The summed E-state index contributed by atoms with van der Waals surface area (Å²) in [5, 5.41) is 11.5. The van der Waals surface area contributed by atoms with Crippen molar-refractivity contribution in [1.82, 2.24) is 0 Å². The van der Waals surface area contributed by atoms with Gasteiger partial charge in [-0.2, -0.15) is 14.0 Å². The Morgan fingerprint density at radius 3 is 2.50 bits per heavy atom. The first-order chi connectivity index (χ1) is 12.4. The topological polar surface area (TPSA) is 79.2 Å². The van der Waals surface area contributed by atoms with Crippen LogP contribution in [0.3, 0.4) is 0 Å². The Morgan fingerprint density at radius 2 is 1.81 bits per heavy atom. The molecule has 0 bridgehead atoms. The molecule has 2 aromatic carbocycles. The van der Waals surface area contributed by atoms with Crippen LogP contribution in [-0.2, 0) is 9.53 Å². The smallest absolute Gasteiger partial charge is 0.340 e. The van der Waals surface area contributed by atoms with Crippen LogP contribution >= 0.6 is 11.8 Å². The summed E-state index contributed by atoms with van der Waals surface area (Å²) in [7, 11) is 0. The number of rotatable bonds is 6. The fraction of sp³-hybridized carbons (Fsp3) is 0.167. The van der Waals surface area contributed by atoms with Gasteiger partial charge in [-0.25, -0.2) is 4.79 Å². The largest absolute Gasteiger partial charge is 0.449 e. The van der Waals surface area contributed by atoms with Gasteiger partial charge in [-0.3, -0.25) is 4.79 Å². The van der Waals surface area contributed by atoms with Gasteiger partial charge in [0.1, 0.15) is 6.07 Å². The van der Waals surface area contributed by atoms with E-state index < -0.39 is 23.7 Å². The molecule has 0 saturated carbocycles. The van der Waals surface area contributed by atoms with Gasteiger partial charge in [0.25, 0.3) is 11.7 Å². The number of esters is 1. The number of nitrogens with zero attached hydrogens (tertiary/aromatic N) is 1. The van der Waals surface area contributed by atoms with Crippen molar-refractivity contribution in [3.05, 3.63) is 59.7 Å². The lowest BCUT2D eigenvalue weighted by Crippen LogP contribution is -2.30. The van der Waals surface area contributed by atoms with E-state index in [1.807, 2.05) is 6.07 Å². The van der Waals surface area contributed by atoms with Crippen molar-refractivity contribution in [1.29, 1.82) is 5.26 Å². The second-order valence-electron chi connectivity index (χ2n) is 5.07. The van der Waals surface area contributed by atoms with E-state index in [9.17, 15) is 18.4 Å². The van der Waals surface area contributed by atoms with Crippen molar-refractivity contribution in [2.75, 3.05) is 5.32 Å². The zero-order chi connectivity index (χ0) is 19.1. The molecule has 0 radical (unpaired) electrons. The van der Waals surface area contributed by atoms with Crippen molar-refractivity contribution in [2.24, 2.45) is 0 Å². The molecule has 0 aliphatic carbocycles. The lowest BCUT2D eigenvalue weighted by Gasteiger charge is -2.15. The number of hydrogen-bond acceptors (Lipinski definition) is 5. The molecular weight excluding hydrogens is 362 g/mol. The van der Waals surface area contributed by atoms with Gasteiger partial charge in [0.05, 0.1) is 16.8 Å². The van der Waals surface area contributed by atoms with E-state index in [1.165, 1.54) is 37.3 Å². The second kappa shape index (κ2) is 8.97. The van der Waals surface area contributed by atoms with E-state index in [2.05, 4.69) is 5.32 Å². The molecule has 5 nitrogen and oxygen atoms in total. The molecule has 0 aliphatic rings. The van der Waals surface area contributed by atoms with Crippen LogP contribution in [0.25, 0.3) is 0 Å². The van der Waals surface area contributed by atoms with E-state index in [1.54, 1.807) is 18.2 Å². The summed E-state index contributed by atoms with van der Waals surface area (Å²) < 4.78 is 30.3. The summed E-state index contributed by atoms with van der Waals surface area (Å²) in [4.78, 5) is 24.5. The molecule has 8 heteroatoms. The molecule has 0 fully saturated rings. The number of carbonyl (C=O) groups is 2. The van der Waals surface area contributed by atoms with Gasteiger partial charge >= 0.3 is 5.97 Å². The normalized spacial score (nSPS) is 11.5. The molecule has 0 aliphatic heterocycles. The van der Waals surface area contributed by atoms with Crippen LogP contribution in [0.5, 0.6) is 0 Å². The van der Waals surface area contributed by atoms with Crippen LogP contribution in [0, 0.1) is 11.3 Å². The van der Waals surface area contributed by atoms with Crippen LogP contribution in [0.1, 0.15) is 22.8 Å². The number of nitriles is 1. The monoisotopic (exact) mass is 376 g/mol. The Labute approximate surface area is 153 Å². The van der Waals surface area contributed by atoms with Gasteiger partial charge in [0.15, 0.2) is 6.10 Å². The maximum atomic E-state index is 12.6. The van der Waals surface area contributed by atoms with E-state index >= 15 is 0 Å². The zero-order valence-electron chi connectivity index (χ0n) is 13.6. The predicted molar refractivity (Wildman–Crippen MR) is 93.0 cm³/mol. The van der Waals surface area contributed by atoms with E-state index in [-0.39, 0.29) is 33.5 Å². The van der Waals surface area contributed by atoms with Crippen LogP contribution < -0.4 is 5.32 Å². The van der Waals surface area contributed by atoms with Crippen LogP contribution in [0.2, 0.25) is 0 Å². The van der Waals surface area contributed by atoms with Crippen LogP contribution in [0.4, 0.5) is 14.5 Å². The van der Waals surface area contributed by atoms with Gasteiger partial charge < -0.3 is 10.1 Å².